The highest BCUT2D eigenvalue weighted by Crippen LogP contribution is 2.30. The van der Waals surface area contributed by atoms with Crippen LogP contribution in [-0.2, 0) is 4.79 Å². The zero-order chi connectivity index (χ0) is 14.8. The van der Waals surface area contributed by atoms with Crippen LogP contribution in [0, 0.1) is 5.92 Å². The summed E-state index contributed by atoms with van der Waals surface area (Å²) in [5, 5.41) is 5.62. The maximum absolute atomic E-state index is 12.3. The van der Waals surface area contributed by atoms with Crippen LogP contribution in [0.5, 0.6) is 5.75 Å². The molecule has 1 amide bonds. The van der Waals surface area contributed by atoms with Gasteiger partial charge in [0.2, 0.25) is 5.91 Å². The number of para-hydroxylation sites is 2. The number of ether oxygens (including phenoxy) is 1. The Morgan fingerprint density at radius 1 is 1.40 bits per heavy atom. The number of halogens is 3. The van der Waals surface area contributed by atoms with Crippen molar-refractivity contribution < 1.29 is 22.7 Å². The predicted octanol–water partition coefficient (Wildman–Crippen LogP) is 2.52. The highest BCUT2D eigenvalue weighted by molar-refractivity contribution is 5.94. The van der Waals surface area contributed by atoms with Crippen LogP contribution >= 0.6 is 0 Å². The monoisotopic (exact) mass is 288 g/mol. The van der Waals surface area contributed by atoms with E-state index in [1.807, 2.05) is 6.92 Å². The van der Waals surface area contributed by atoms with Crippen molar-refractivity contribution in [2.45, 2.75) is 25.7 Å². The molecule has 2 atom stereocenters. The maximum atomic E-state index is 12.3. The van der Waals surface area contributed by atoms with E-state index in [0.29, 0.717) is 6.42 Å². The van der Waals surface area contributed by atoms with Crippen molar-refractivity contribution in [2.24, 2.45) is 5.92 Å². The van der Waals surface area contributed by atoms with E-state index in [4.69, 9.17) is 0 Å². The van der Waals surface area contributed by atoms with Crippen LogP contribution in [0.2, 0.25) is 0 Å². The minimum absolute atomic E-state index is 0.00527. The number of hydrogen-bond acceptors (Lipinski definition) is 3. The molecule has 0 aliphatic carbocycles. The maximum Gasteiger partial charge on any atom is 0.573 e. The van der Waals surface area contributed by atoms with E-state index < -0.39 is 12.1 Å². The molecule has 0 saturated carbocycles. The Morgan fingerprint density at radius 3 is 2.70 bits per heavy atom. The van der Waals surface area contributed by atoms with E-state index in [2.05, 4.69) is 15.4 Å². The van der Waals surface area contributed by atoms with Gasteiger partial charge < -0.3 is 15.4 Å². The third kappa shape index (κ3) is 3.63. The molecule has 4 nitrogen and oxygen atoms in total. The Balaban J connectivity index is 2.11. The Labute approximate surface area is 114 Å². The fraction of sp³-hybridized carbons (Fsp3) is 0.462. The molecule has 1 saturated heterocycles. The molecule has 1 aromatic carbocycles. The van der Waals surface area contributed by atoms with Crippen LogP contribution in [0.1, 0.15) is 13.3 Å². The number of rotatable bonds is 3. The molecule has 0 radical (unpaired) electrons. The van der Waals surface area contributed by atoms with Crippen LogP contribution in [0.15, 0.2) is 24.3 Å². The zero-order valence-electron chi connectivity index (χ0n) is 10.8. The molecule has 0 bridgehead atoms. The minimum Gasteiger partial charge on any atom is -0.404 e. The van der Waals surface area contributed by atoms with Gasteiger partial charge in [-0.25, -0.2) is 0 Å². The SMILES string of the molecule is CC1NCCC1C(=O)Nc1ccccc1OC(F)(F)F. The number of anilines is 1. The van der Waals surface area contributed by atoms with Crippen molar-refractivity contribution in [3.63, 3.8) is 0 Å². The van der Waals surface area contributed by atoms with E-state index in [1.54, 1.807) is 0 Å². The van der Waals surface area contributed by atoms with Crippen molar-refractivity contribution >= 4 is 11.6 Å². The van der Waals surface area contributed by atoms with Gasteiger partial charge in [-0.2, -0.15) is 0 Å². The van der Waals surface area contributed by atoms with Crippen LogP contribution in [-0.4, -0.2) is 24.9 Å². The summed E-state index contributed by atoms with van der Waals surface area (Å²) in [6.45, 7) is 2.59. The molecular formula is C13H15F3N2O2. The number of hydrogen-bond donors (Lipinski definition) is 2. The quantitative estimate of drug-likeness (QED) is 0.898. The summed E-state index contributed by atoms with van der Waals surface area (Å²) in [4.78, 5) is 12.1. The van der Waals surface area contributed by atoms with Gasteiger partial charge in [-0.1, -0.05) is 12.1 Å². The fourth-order valence-corrected chi connectivity index (χ4v) is 2.23. The summed E-state index contributed by atoms with van der Waals surface area (Å²) >= 11 is 0. The first-order valence-corrected chi connectivity index (χ1v) is 6.26. The van der Waals surface area contributed by atoms with E-state index in [-0.39, 0.29) is 23.6 Å². The van der Waals surface area contributed by atoms with Crippen molar-refractivity contribution in [3.05, 3.63) is 24.3 Å². The number of carbonyl (C=O) groups is 1. The summed E-state index contributed by atoms with van der Waals surface area (Å²) in [6.07, 6.45) is -4.13. The molecule has 20 heavy (non-hydrogen) atoms. The Kier molecular flexibility index (Phi) is 4.17. The minimum atomic E-state index is -4.79. The highest BCUT2D eigenvalue weighted by Gasteiger charge is 2.33. The molecule has 0 aromatic heterocycles. The summed E-state index contributed by atoms with van der Waals surface area (Å²) in [7, 11) is 0. The third-order valence-electron chi connectivity index (χ3n) is 3.23. The van der Waals surface area contributed by atoms with Crippen molar-refractivity contribution in [3.8, 4) is 5.75 Å². The predicted molar refractivity (Wildman–Crippen MR) is 67.3 cm³/mol. The lowest BCUT2D eigenvalue weighted by atomic mass is 10.0. The topological polar surface area (TPSA) is 50.4 Å². The van der Waals surface area contributed by atoms with Gasteiger partial charge in [0, 0.05) is 6.04 Å². The first-order valence-electron chi connectivity index (χ1n) is 6.26. The number of amides is 1. The molecule has 110 valence electrons. The smallest absolute Gasteiger partial charge is 0.404 e. The van der Waals surface area contributed by atoms with Gasteiger partial charge in [-0.05, 0) is 32.0 Å². The van der Waals surface area contributed by atoms with Crippen molar-refractivity contribution in [1.29, 1.82) is 0 Å². The average molecular weight is 288 g/mol. The Morgan fingerprint density at radius 2 is 2.10 bits per heavy atom. The lowest BCUT2D eigenvalue weighted by Crippen LogP contribution is -2.32. The van der Waals surface area contributed by atoms with E-state index in [0.717, 1.165) is 6.54 Å². The second-order valence-corrected chi connectivity index (χ2v) is 4.67. The summed E-state index contributed by atoms with van der Waals surface area (Å²) < 4.78 is 40.7. The first kappa shape index (κ1) is 14.6. The van der Waals surface area contributed by atoms with E-state index in [9.17, 15) is 18.0 Å². The normalized spacial score (nSPS) is 22.6. The summed E-state index contributed by atoms with van der Waals surface area (Å²) in [5.74, 6) is -0.971. The molecule has 1 aliphatic rings. The van der Waals surface area contributed by atoms with E-state index >= 15 is 0 Å². The van der Waals surface area contributed by atoms with Gasteiger partial charge in [-0.15, -0.1) is 13.2 Å². The molecule has 1 aliphatic heterocycles. The lowest BCUT2D eigenvalue weighted by molar-refractivity contribution is -0.274. The third-order valence-corrected chi connectivity index (χ3v) is 3.23. The molecule has 0 spiro atoms. The largest absolute Gasteiger partial charge is 0.573 e. The van der Waals surface area contributed by atoms with Gasteiger partial charge in [0.05, 0.1) is 11.6 Å². The number of nitrogens with one attached hydrogen (secondary N) is 2. The fourth-order valence-electron chi connectivity index (χ4n) is 2.23. The molecule has 7 heteroatoms. The van der Waals surface area contributed by atoms with Gasteiger partial charge in [0.15, 0.2) is 5.75 Å². The van der Waals surface area contributed by atoms with Crippen molar-refractivity contribution in [1.82, 2.24) is 5.32 Å². The molecular weight excluding hydrogens is 273 g/mol. The zero-order valence-corrected chi connectivity index (χ0v) is 10.8. The molecule has 1 aromatic rings. The Bertz CT molecular complexity index is 491. The van der Waals surface area contributed by atoms with Crippen molar-refractivity contribution in [2.75, 3.05) is 11.9 Å². The number of carbonyl (C=O) groups excluding carboxylic acids is 1. The average Bonchev–Trinajstić information content (AvgIpc) is 2.76. The van der Waals surface area contributed by atoms with Crippen LogP contribution in [0.3, 0.4) is 0 Å². The highest BCUT2D eigenvalue weighted by atomic mass is 19.4. The van der Waals surface area contributed by atoms with Gasteiger partial charge in [0.1, 0.15) is 0 Å². The van der Waals surface area contributed by atoms with Gasteiger partial charge in [-0.3, -0.25) is 4.79 Å². The van der Waals surface area contributed by atoms with Gasteiger partial charge in [0.25, 0.3) is 0 Å². The molecule has 1 heterocycles. The van der Waals surface area contributed by atoms with Crippen LogP contribution in [0.4, 0.5) is 18.9 Å². The second-order valence-electron chi connectivity index (χ2n) is 4.67. The lowest BCUT2D eigenvalue weighted by Gasteiger charge is -2.17. The molecule has 2 rings (SSSR count). The van der Waals surface area contributed by atoms with E-state index in [1.165, 1.54) is 24.3 Å². The molecule has 2 unspecified atom stereocenters. The molecule has 1 fully saturated rings. The number of alkyl halides is 3. The van der Waals surface area contributed by atoms with Crippen LogP contribution in [0.25, 0.3) is 0 Å². The van der Waals surface area contributed by atoms with Gasteiger partial charge >= 0.3 is 6.36 Å². The summed E-state index contributed by atoms with van der Waals surface area (Å²) in [6, 6.07) is 5.50. The number of benzene rings is 1. The van der Waals surface area contributed by atoms with Crippen LogP contribution < -0.4 is 15.4 Å². The second kappa shape index (κ2) is 5.70. The standard InChI is InChI=1S/C13H15F3N2O2/c1-8-9(6-7-17-8)12(19)18-10-4-2-3-5-11(10)20-13(14,15)16/h2-5,8-9,17H,6-7H2,1H3,(H,18,19). The first-order chi connectivity index (χ1) is 9.37. The Hall–Kier alpha value is -1.76. The molecule has 2 N–H and O–H groups in total. The summed E-state index contributed by atoms with van der Waals surface area (Å²) in [5.41, 5.74) is 0.0222.